The molecule has 25 heavy (non-hydrogen) atoms. The van der Waals surface area contributed by atoms with E-state index in [9.17, 15) is 4.79 Å². The number of fused-ring (bicyclic) bond motifs is 1. The van der Waals surface area contributed by atoms with Crippen LogP contribution in [0.25, 0.3) is 0 Å². The Balaban J connectivity index is 1.47. The van der Waals surface area contributed by atoms with Gasteiger partial charge in [-0.25, -0.2) is 0 Å². The van der Waals surface area contributed by atoms with Crippen LogP contribution in [0.15, 0.2) is 18.5 Å². The van der Waals surface area contributed by atoms with Crippen LogP contribution in [0.1, 0.15) is 48.0 Å². The number of pyridine rings is 1. The standard InChI is InChI=1S/C20H28N2O3/c1-15-9-17(11-21-10-15)19(23)22-7-5-18-20(13-22,6-2-8-25-18)14-24-12-16-3-4-16/h9-11,16,18H,2-8,12-14H2,1H3/t18-,20-/m1/s1. The van der Waals surface area contributed by atoms with Crippen molar-refractivity contribution in [2.75, 3.05) is 32.9 Å². The number of ether oxygens (including phenoxy) is 2. The smallest absolute Gasteiger partial charge is 0.255 e. The molecule has 5 heteroatoms. The van der Waals surface area contributed by atoms with Crippen molar-refractivity contribution in [1.82, 2.24) is 9.88 Å². The first kappa shape index (κ1) is 17.0. The fraction of sp³-hybridized carbons (Fsp3) is 0.700. The van der Waals surface area contributed by atoms with Gasteiger partial charge in [0.05, 0.1) is 18.3 Å². The summed E-state index contributed by atoms with van der Waals surface area (Å²) in [6.07, 6.45) is 9.32. The summed E-state index contributed by atoms with van der Waals surface area (Å²) < 4.78 is 12.2. The zero-order valence-electron chi connectivity index (χ0n) is 15.1. The number of aromatic nitrogens is 1. The number of hydrogen-bond donors (Lipinski definition) is 0. The van der Waals surface area contributed by atoms with Gasteiger partial charge in [0.15, 0.2) is 0 Å². The minimum Gasteiger partial charge on any atom is -0.380 e. The van der Waals surface area contributed by atoms with E-state index in [0.29, 0.717) is 12.2 Å². The molecule has 0 unspecified atom stereocenters. The van der Waals surface area contributed by atoms with Crippen LogP contribution < -0.4 is 0 Å². The molecule has 5 nitrogen and oxygen atoms in total. The van der Waals surface area contributed by atoms with Crippen LogP contribution in [0.3, 0.4) is 0 Å². The lowest BCUT2D eigenvalue weighted by Gasteiger charge is -2.50. The van der Waals surface area contributed by atoms with Gasteiger partial charge in [0.1, 0.15) is 0 Å². The fourth-order valence-corrected chi connectivity index (χ4v) is 4.24. The van der Waals surface area contributed by atoms with Gasteiger partial charge in [0, 0.05) is 44.1 Å². The Morgan fingerprint density at radius 3 is 3.08 bits per heavy atom. The van der Waals surface area contributed by atoms with Gasteiger partial charge in [-0.2, -0.15) is 0 Å². The van der Waals surface area contributed by atoms with Gasteiger partial charge in [0.25, 0.3) is 5.91 Å². The minimum absolute atomic E-state index is 0.0433. The number of carbonyl (C=O) groups is 1. The SMILES string of the molecule is Cc1cncc(C(=O)N2CC[C@H]3OCCC[C@]3(COCC3CC3)C2)c1. The molecule has 0 N–H and O–H groups in total. The molecule has 0 bridgehead atoms. The van der Waals surface area contributed by atoms with Crippen LogP contribution in [0, 0.1) is 18.3 Å². The number of aryl methyl sites for hydroxylation is 1. The van der Waals surface area contributed by atoms with Gasteiger partial charge in [-0.05, 0) is 56.6 Å². The quantitative estimate of drug-likeness (QED) is 0.824. The van der Waals surface area contributed by atoms with E-state index in [2.05, 4.69) is 4.98 Å². The van der Waals surface area contributed by atoms with E-state index < -0.39 is 0 Å². The first-order chi connectivity index (χ1) is 12.2. The van der Waals surface area contributed by atoms with E-state index in [1.54, 1.807) is 12.4 Å². The van der Waals surface area contributed by atoms with E-state index in [4.69, 9.17) is 9.47 Å². The van der Waals surface area contributed by atoms with Crippen molar-refractivity contribution in [3.63, 3.8) is 0 Å². The molecule has 2 saturated heterocycles. The summed E-state index contributed by atoms with van der Waals surface area (Å²) in [4.78, 5) is 19.1. The van der Waals surface area contributed by atoms with Gasteiger partial charge in [-0.1, -0.05) is 0 Å². The number of hydrogen-bond acceptors (Lipinski definition) is 4. The molecule has 1 saturated carbocycles. The summed E-state index contributed by atoms with van der Waals surface area (Å²) in [5, 5.41) is 0. The summed E-state index contributed by atoms with van der Waals surface area (Å²) in [7, 11) is 0. The second-order valence-electron chi connectivity index (χ2n) is 8.05. The van der Waals surface area contributed by atoms with E-state index in [1.807, 2.05) is 17.9 Å². The molecule has 3 fully saturated rings. The van der Waals surface area contributed by atoms with Gasteiger partial charge in [0.2, 0.25) is 0 Å². The van der Waals surface area contributed by atoms with Crippen LogP contribution in [-0.2, 0) is 9.47 Å². The highest BCUT2D eigenvalue weighted by Crippen LogP contribution is 2.41. The summed E-state index contributed by atoms with van der Waals surface area (Å²) in [6, 6.07) is 1.93. The molecule has 0 radical (unpaired) electrons. The molecule has 2 aliphatic heterocycles. The highest BCUT2D eigenvalue weighted by Gasteiger charge is 2.47. The number of rotatable bonds is 5. The Labute approximate surface area is 149 Å². The topological polar surface area (TPSA) is 51.7 Å². The summed E-state index contributed by atoms with van der Waals surface area (Å²) in [5.74, 6) is 0.848. The van der Waals surface area contributed by atoms with Gasteiger partial charge in [-0.15, -0.1) is 0 Å². The molecule has 0 spiro atoms. The van der Waals surface area contributed by atoms with Crippen molar-refractivity contribution >= 4 is 5.91 Å². The molecule has 3 aliphatic rings. The molecule has 136 valence electrons. The number of nitrogens with zero attached hydrogens (tertiary/aromatic N) is 2. The van der Waals surface area contributed by atoms with Gasteiger partial charge >= 0.3 is 0 Å². The molecule has 0 aromatic carbocycles. The third-order valence-corrected chi connectivity index (χ3v) is 5.84. The number of carbonyl (C=O) groups excluding carboxylic acids is 1. The van der Waals surface area contributed by atoms with E-state index in [1.165, 1.54) is 12.8 Å². The van der Waals surface area contributed by atoms with E-state index in [-0.39, 0.29) is 17.4 Å². The summed E-state index contributed by atoms with van der Waals surface area (Å²) in [5.41, 5.74) is 1.66. The Bertz CT molecular complexity index is 631. The van der Waals surface area contributed by atoms with Gasteiger partial charge in [-0.3, -0.25) is 9.78 Å². The zero-order chi connectivity index (χ0) is 17.3. The Kier molecular flexibility index (Phi) is 4.78. The highest BCUT2D eigenvalue weighted by molar-refractivity contribution is 5.94. The maximum Gasteiger partial charge on any atom is 0.255 e. The average molecular weight is 344 g/mol. The zero-order valence-corrected chi connectivity index (χ0v) is 15.1. The summed E-state index contributed by atoms with van der Waals surface area (Å²) >= 11 is 0. The Morgan fingerprint density at radius 2 is 2.28 bits per heavy atom. The largest absolute Gasteiger partial charge is 0.380 e. The van der Waals surface area contributed by atoms with Crippen molar-refractivity contribution in [3.8, 4) is 0 Å². The second kappa shape index (κ2) is 7.04. The first-order valence-electron chi connectivity index (χ1n) is 9.57. The third kappa shape index (κ3) is 3.72. The van der Waals surface area contributed by atoms with Crippen LogP contribution >= 0.6 is 0 Å². The van der Waals surface area contributed by atoms with Crippen molar-refractivity contribution in [1.29, 1.82) is 0 Å². The maximum absolute atomic E-state index is 13.0. The van der Waals surface area contributed by atoms with Crippen LogP contribution in [0.2, 0.25) is 0 Å². The predicted octanol–water partition coefficient (Wildman–Crippen LogP) is 2.83. The maximum atomic E-state index is 13.0. The van der Waals surface area contributed by atoms with Crippen molar-refractivity contribution < 1.29 is 14.3 Å². The van der Waals surface area contributed by atoms with Crippen LogP contribution in [0.4, 0.5) is 0 Å². The average Bonchev–Trinajstić information content (AvgIpc) is 3.45. The summed E-state index contributed by atoms with van der Waals surface area (Å²) in [6.45, 7) is 5.87. The second-order valence-corrected chi connectivity index (χ2v) is 8.05. The van der Waals surface area contributed by atoms with Crippen LogP contribution in [-0.4, -0.2) is 54.8 Å². The first-order valence-corrected chi connectivity index (χ1v) is 9.57. The van der Waals surface area contributed by atoms with Gasteiger partial charge < -0.3 is 14.4 Å². The molecule has 1 aromatic heterocycles. The minimum atomic E-state index is -0.0433. The third-order valence-electron chi connectivity index (χ3n) is 5.84. The van der Waals surface area contributed by atoms with Crippen molar-refractivity contribution in [2.24, 2.45) is 11.3 Å². The lowest BCUT2D eigenvalue weighted by molar-refractivity contribution is -0.147. The normalized spacial score (nSPS) is 29.3. The lowest BCUT2D eigenvalue weighted by Crippen LogP contribution is -2.58. The molecule has 4 rings (SSSR count). The number of amides is 1. The number of likely N-dealkylation sites (tertiary alicyclic amines) is 1. The molecular weight excluding hydrogens is 316 g/mol. The molecule has 1 aliphatic carbocycles. The van der Waals surface area contributed by atoms with Crippen molar-refractivity contribution in [2.45, 2.75) is 45.1 Å². The monoisotopic (exact) mass is 344 g/mol. The Morgan fingerprint density at radius 1 is 1.40 bits per heavy atom. The van der Waals surface area contributed by atoms with E-state index in [0.717, 1.165) is 57.0 Å². The molecular formula is C20H28N2O3. The predicted molar refractivity (Wildman–Crippen MR) is 94.4 cm³/mol. The fourth-order valence-electron chi connectivity index (χ4n) is 4.24. The molecule has 1 aromatic rings. The van der Waals surface area contributed by atoms with Crippen LogP contribution in [0.5, 0.6) is 0 Å². The molecule has 2 atom stereocenters. The highest BCUT2D eigenvalue weighted by atomic mass is 16.5. The number of piperidine rings is 1. The lowest BCUT2D eigenvalue weighted by atomic mass is 9.73. The molecule has 1 amide bonds. The van der Waals surface area contributed by atoms with Crippen molar-refractivity contribution in [3.05, 3.63) is 29.6 Å². The molecule has 3 heterocycles. The van der Waals surface area contributed by atoms with E-state index >= 15 is 0 Å². The Hall–Kier alpha value is -1.46.